The quantitative estimate of drug-likeness (QED) is 0.842. The molecule has 8 heteroatoms. The average Bonchev–Trinajstić information content (AvgIpc) is 3.07. The second-order valence-electron chi connectivity index (χ2n) is 5.05. The van der Waals surface area contributed by atoms with Gasteiger partial charge in [-0.2, -0.15) is 0 Å². The zero-order valence-corrected chi connectivity index (χ0v) is 13.8. The molecule has 0 spiro atoms. The highest BCUT2D eigenvalue weighted by Gasteiger charge is 2.26. The Kier molecular flexibility index (Phi) is 4.78. The van der Waals surface area contributed by atoms with E-state index in [4.69, 9.17) is 11.6 Å². The maximum atomic E-state index is 12.2. The van der Waals surface area contributed by atoms with Gasteiger partial charge < -0.3 is 9.80 Å². The molecular formula is C15H15ClN4O2S. The van der Waals surface area contributed by atoms with Crippen molar-refractivity contribution in [3.63, 3.8) is 0 Å². The van der Waals surface area contributed by atoms with E-state index in [-0.39, 0.29) is 0 Å². The SMILES string of the molecule is O=C(Nc1nccs1)C(=O)N1CCN(c2cccc(Cl)c2)CC1. The highest BCUT2D eigenvalue weighted by molar-refractivity contribution is 7.13. The van der Waals surface area contributed by atoms with Crippen molar-refractivity contribution in [2.75, 3.05) is 36.4 Å². The maximum absolute atomic E-state index is 12.2. The van der Waals surface area contributed by atoms with E-state index in [1.165, 1.54) is 11.3 Å². The van der Waals surface area contributed by atoms with Gasteiger partial charge >= 0.3 is 11.8 Å². The zero-order valence-electron chi connectivity index (χ0n) is 12.2. The lowest BCUT2D eigenvalue weighted by molar-refractivity contribution is -0.143. The molecular weight excluding hydrogens is 336 g/mol. The molecule has 6 nitrogen and oxygen atoms in total. The minimum absolute atomic E-state index is 0.431. The summed E-state index contributed by atoms with van der Waals surface area (Å²) < 4.78 is 0. The van der Waals surface area contributed by atoms with E-state index in [1.54, 1.807) is 16.5 Å². The number of piperazine rings is 1. The van der Waals surface area contributed by atoms with E-state index >= 15 is 0 Å². The molecule has 0 aliphatic carbocycles. The van der Waals surface area contributed by atoms with Crippen LogP contribution in [0.3, 0.4) is 0 Å². The van der Waals surface area contributed by atoms with Crippen molar-refractivity contribution in [1.29, 1.82) is 0 Å². The van der Waals surface area contributed by atoms with Gasteiger partial charge in [0.25, 0.3) is 0 Å². The van der Waals surface area contributed by atoms with Crippen LogP contribution in [-0.4, -0.2) is 47.9 Å². The summed E-state index contributed by atoms with van der Waals surface area (Å²) in [6.45, 7) is 2.32. The van der Waals surface area contributed by atoms with Crippen LogP contribution in [0.5, 0.6) is 0 Å². The summed E-state index contributed by atoms with van der Waals surface area (Å²) in [6, 6.07) is 7.61. The normalized spacial score (nSPS) is 14.7. The summed E-state index contributed by atoms with van der Waals surface area (Å²) in [7, 11) is 0. The number of aromatic nitrogens is 1. The summed E-state index contributed by atoms with van der Waals surface area (Å²) in [5, 5.41) is 5.37. The number of carbonyl (C=O) groups is 2. The molecule has 2 amide bonds. The van der Waals surface area contributed by atoms with Crippen molar-refractivity contribution in [2.24, 2.45) is 0 Å². The number of carbonyl (C=O) groups excluding carboxylic acids is 2. The highest BCUT2D eigenvalue weighted by Crippen LogP contribution is 2.21. The van der Waals surface area contributed by atoms with Crippen LogP contribution >= 0.6 is 22.9 Å². The topological polar surface area (TPSA) is 65.5 Å². The van der Waals surface area contributed by atoms with E-state index in [1.807, 2.05) is 24.3 Å². The number of benzene rings is 1. The van der Waals surface area contributed by atoms with Gasteiger partial charge in [0.1, 0.15) is 0 Å². The van der Waals surface area contributed by atoms with Crippen molar-refractivity contribution >= 4 is 45.6 Å². The molecule has 0 saturated carbocycles. The third-order valence-corrected chi connectivity index (χ3v) is 4.51. The number of rotatable bonds is 2. The Balaban J connectivity index is 1.56. The predicted octanol–water partition coefficient (Wildman–Crippen LogP) is 2.08. The Morgan fingerprint density at radius 2 is 2.00 bits per heavy atom. The van der Waals surface area contributed by atoms with Crippen molar-refractivity contribution < 1.29 is 9.59 Å². The number of anilines is 2. The molecule has 3 rings (SSSR count). The third-order valence-electron chi connectivity index (χ3n) is 3.59. The molecule has 1 fully saturated rings. The Hall–Kier alpha value is -2.12. The third kappa shape index (κ3) is 3.80. The smallest absolute Gasteiger partial charge is 0.315 e. The van der Waals surface area contributed by atoms with Gasteiger partial charge in [-0.25, -0.2) is 4.98 Å². The van der Waals surface area contributed by atoms with Crippen LogP contribution < -0.4 is 10.2 Å². The predicted molar refractivity (Wildman–Crippen MR) is 91.0 cm³/mol. The van der Waals surface area contributed by atoms with Crippen LogP contribution in [0.4, 0.5) is 10.8 Å². The molecule has 0 radical (unpaired) electrons. The number of hydrogen-bond donors (Lipinski definition) is 1. The number of thiazole rings is 1. The fourth-order valence-electron chi connectivity index (χ4n) is 2.42. The molecule has 1 aromatic carbocycles. The minimum atomic E-state index is -0.642. The first-order valence-corrected chi connectivity index (χ1v) is 8.39. The van der Waals surface area contributed by atoms with Gasteiger partial charge in [-0.15, -0.1) is 11.3 Å². The van der Waals surface area contributed by atoms with Crippen LogP contribution in [0.2, 0.25) is 5.02 Å². The largest absolute Gasteiger partial charge is 0.368 e. The summed E-state index contributed by atoms with van der Waals surface area (Å²) in [5.41, 5.74) is 1.02. The second kappa shape index (κ2) is 6.97. The van der Waals surface area contributed by atoms with E-state index in [2.05, 4.69) is 15.2 Å². The number of halogens is 1. The van der Waals surface area contributed by atoms with Gasteiger partial charge in [0.05, 0.1) is 0 Å². The molecule has 1 aliphatic rings. The summed E-state index contributed by atoms with van der Waals surface area (Å²) in [6.07, 6.45) is 1.58. The van der Waals surface area contributed by atoms with Crippen molar-refractivity contribution in [3.8, 4) is 0 Å². The monoisotopic (exact) mass is 350 g/mol. The molecule has 2 aromatic rings. The maximum Gasteiger partial charge on any atom is 0.315 e. The average molecular weight is 351 g/mol. The van der Waals surface area contributed by atoms with Crippen molar-refractivity contribution in [1.82, 2.24) is 9.88 Å². The van der Waals surface area contributed by atoms with E-state index < -0.39 is 11.8 Å². The highest BCUT2D eigenvalue weighted by atomic mass is 35.5. The van der Waals surface area contributed by atoms with Crippen molar-refractivity contribution in [2.45, 2.75) is 0 Å². The van der Waals surface area contributed by atoms with Crippen molar-refractivity contribution in [3.05, 3.63) is 40.9 Å². The fraction of sp³-hybridized carbons (Fsp3) is 0.267. The number of hydrogen-bond acceptors (Lipinski definition) is 5. The zero-order chi connectivity index (χ0) is 16.2. The molecule has 120 valence electrons. The molecule has 1 aliphatic heterocycles. The van der Waals surface area contributed by atoms with Crippen LogP contribution in [0, 0.1) is 0 Å². The van der Waals surface area contributed by atoms with Crippen LogP contribution in [0.25, 0.3) is 0 Å². The molecule has 1 N–H and O–H groups in total. The van der Waals surface area contributed by atoms with Gasteiger partial charge in [-0.1, -0.05) is 17.7 Å². The Labute approximate surface area is 142 Å². The van der Waals surface area contributed by atoms with Gasteiger partial charge in [0.15, 0.2) is 5.13 Å². The molecule has 0 unspecified atom stereocenters. The Morgan fingerprint density at radius 3 is 2.65 bits per heavy atom. The molecule has 0 bridgehead atoms. The number of nitrogens with zero attached hydrogens (tertiary/aromatic N) is 3. The van der Waals surface area contributed by atoms with E-state index in [9.17, 15) is 9.59 Å². The van der Waals surface area contributed by atoms with Gasteiger partial charge in [0.2, 0.25) is 0 Å². The van der Waals surface area contributed by atoms with E-state index in [0.717, 1.165) is 5.69 Å². The standard InChI is InChI=1S/C15H15ClN4O2S/c16-11-2-1-3-12(10-11)19-5-7-20(8-6-19)14(22)13(21)18-15-17-4-9-23-15/h1-4,9-10H,5-8H2,(H,17,18,21). The number of nitrogens with one attached hydrogen (secondary N) is 1. The van der Waals surface area contributed by atoms with E-state index in [0.29, 0.717) is 36.3 Å². The number of amides is 2. The fourth-order valence-corrected chi connectivity index (χ4v) is 3.13. The lowest BCUT2D eigenvalue weighted by Gasteiger charge is -2.35. The first kappa shape index (κ1) is 15.8. The Bertz CT molecular complexity index is 699. The Morgan fingerprint density at radius 1 is 1.22 bits per heavy atom. The second-order valence-corrected chi connectivity index (χ2v) is 6.38. The molecule has 23 heavy (non-hydrogen) atoms. The molecule has 1 aromatic heterocycles. The first-order valence-electron chi connectivity index (χ1n) is 7.14. The molecule has 0 atom stereocenters. The van der Waals surface area contributed by atoms with Gasteiger partial charge in [-0.3, -0.25) is 14.9 Å². The molecule has 1 saturated heterocycles. The van der Waals surface area contributed by atoms with Crippen LogP contribution in [-0.2, 0) is 9.59 Å². The van der Waals surface area contributed by atoms with Crippen LogP contribution in [0.15, 0.2) is 35.8 Å². The minimum Gasteiger partial charge on any atom is -0.368 e. The lowest BCUT2D eigenvalue weighted by Crippen LogP contribution is -2.51. The summed E-state index contributed by atoms with van der Waals surface area (Å²) in [5.74, 6) is -1.16. The van der Waals surface area contributed by atoms with Gasteiger partial charge in [0, 0.05) is 48.5 Å². The lowest BCUT2D eigenvalue weighted by atomic mass is 10.2. The summed E-state index contributed by atoms with van der Waals surface area (Å²) >= 11 is 7.28. The van der Waals surface area contributed by atoms with Gasteiger partial charge in [-0.05, 0) is 18.2 Å². The summed E-state index contributed by atoms with van der Waals surface area (Å²) in [4.78, 5) is 31.8. The van der Waals surface area contributed by atoms with Crippen LogP contribution in [0.1, 0.15) is 0 Å². The first-order chi connectivity index (χ1) is 11.1. The molecule has 2 heterocycles.